The van der Waals surface area contributed by atoms with Crippen molar-refractivity contribution in [2.45, 2.75) is 25.3 Å². The number of benzene rings is 2. The van der Waals surface area contributed by atoms with Crippen LogP contribution in [0.1, 0.15) is 18.5 Å². The van der Waals surface area contributed by atoms with E-state index in [2.05, 4.69) is 30.2 Å². The van der Waals surface area contributed by atoms with E-state index in [1.165, 1.54) is 12.4 Å². The number of hydrogen-bond donors (Lipinski definition) is 4. The lowest BCUT2D eigenvalue weighted by atomic mass is 9.92. The molecular weight excluding hydrogens is 629 g/mol. The Bertz CT molecular complexity index is 1770. The Morgan fingerprint density at radius 3 is 2.14 bits per heavy atom. The van der Waals surface area contributed by atoms with Gasteiger partial charge in [0.1, 0.15) is 17.7 Å². The van der Waals surface area contributed by atoms with Crippen LogP contribution in [0.15, 0.2) is 61.3 Å². The molecule has 0 saturated heterocycles. The number of halogens is 8. The normalized spacial score (nSPS) is 12.0. The second-order valence-electron chi connectivity index (χ2n) is 8.50. The minimum absolute atomic E-state index is 0.259. The number of pyridine rings is 1. The van der Waals surface area contributed by atoms with Crippen LogP contribution in [0.25, 0.3) is 33.2 Å². The molecule has 5 aromatic rings. The molecular formula is C26H18ClF7N6O4. The van der Waals surface area contributed by atoms with Crippen molar-refractivity contribution in [3.8, 4) is 11.1 Å². The van der Waals surface area contributed by atoms with E-state index in [1.54, 1.807) is 24.7 Å². The molecule has 3 aromatic heterocycles. The maximum absolute atomic E-state index is 14.8. The highest BCUT2D eigenvalue weighted by molar-refractivity contribution is 6.36. The van der Waals surface area contributed by atoms with Crippen LogP contribution in [-0.2, 0) is 9.59 Å². The molecule has 0 fully saturated rings. The molecule has 0 radical (unpaired) electrons. The van der Waals surface area contributed by atoms with Gasteiger partial charge in [-0.05, 0) is 36.8 Å². The number of nitrogens with one attached hydrogen (secondary N) is 2. The molecule has 0 spiro atoms. The van der Waals surface area contributed by atoms with Crippen LogP contribution < -0.4 is 5.32 Å². The number of fused-ring (bicyclic) bond motifs is 2. The second kappa shape index (κ2) is 13.5. The monoisotopic (exact) mass is 646 g/mol. The Morgan fingerprint density at radius 2 is 1.55 bits per heavy atom. The Hall–Kier alpha value is -5.06. The number of H-pyrrole nitrogens is 1. The lowest BCUT2D eigenvalue weighted by Gasteiger charge is -2.21. The fourth-order valence-electron chi connectivity index (χ4n) is 3.67. The van der Waals surface area contributed by atoms with Crippen LogP contribution in [0.2, 0.25) is 5.02 Å². The van der Waals surface area contributed by atoms with Crippen LogP contribution in [0.3, 0.4) is 0 Å². The Morgan fingerprint density at radius 1 is 0.932 bits per heavy atom. The summed E-state index contributed by atoms with van der Waals surface area (Å²) in [7, 11) is 0. The molecule has 2 aromatic carbocycles. The van der Waals surface area contributed by atoms with Crippen molar-refractivity contribution in [2.75, 3.05) is 5.32 Å². The number of carboxylic acids is 2. The first-order chi connectivity index (χ1) is 20.5. The van der Waals surface area contributed by atoms with E-state index < -0.39 is 24.3 Å². The van der Waals surface area contributed by atoms with E-state index in [1.807, 2.05) is 31.2 Å². The molecule has 0 bridgehead atoms. The van der Waals surface area contributed by atoms with Crippen LogP contribution in [-0.4, -0.2) is 59.4 Å². The van der Waals surface area contributed by atoms with E-state index in [0.717, 1.165) is 10.9 Å². The van der Waals surface area contributed by atoms with E-state index in [9.17, 15) is 30.7 Å². The third-order valence-corrected chi connectivity index (χ3v) is 5.86. The number of aromatic amines is 1. The molecule has 5 rings (SSSR count). The number of alkyl halides is 6. The minimum Gasteiger partial charge on any atom is -0.475 e. The van der Waals surface area contributed by atoms with E-state index in [0.29, 0.717) is 38.6 Å². The zero-order valence-corrected chi connectivity index (χ0v) is 22.6. The lowest BCUT2D eigenvalue weighted by Crippen LogP contribution is -2.21. The zero-order valence-electron chi connectivity index (χ0n) is 21.9. The highest BCUT2D eigenvalue weighted by Crippen LogP contribution is 2.40. The molecule has 18 heteroatoms. The van der Waals surface area contributed by atoms with Gasteiger partial charge in [0.15, 0.2) is 11.5 Å². The molecule has 0 aliphatic heterocycles. The third kappa shape index (κ3) is 8.06. The summed E-state index contributed by atoms with van der Waals surface area (Å²) in [4.78, 5) is 38.0. The number of nitrogens with zero attached hydrogens (tertiary/aromatic N) is 4. The van der Waals surface area contributed by atoms with Gasteiger partial charge in [0.25, 0.3) is 0 Å². The number of carbonyl (C=O) groups is 2. The molecule has 0 amide bonds. The largest absolute Gasteiger partial charge is 0.490 e. The lowest BCUT2D eigenvalue weighted by molar-refractivity contribution is -0.193. The van der Waals surface area contributed by atoms with Crippen LogP contribution in [0.4, 0.5) is 36.6 Å². The van der Waals surface area contributed by atoms with Gasteiger partial charge in [0.05, 0.1) is 22.9 Å². The maximum atomic E-state index is 14.8. The first kappa shape index (κ1) is 33.4. The van der Waals surface area contributed by atoms with Crippen molar-refractivity contribution in [3.63, 3.8) is 0 Å². The molecule has 0 aliphatic carbocycles. The predicted octanol–water partition coefficient (Wildman–Crippen LogP) is 6.80. The number of hydrogen-bond acceptors (Lipinski definition) is 7. The van der Waals surface area contributed by atoms with Crippen LogP contribution >= 0.6 is 11.6 Å². The summed E-state index contributed by atoms with van der Waals surface area (Å²) in [5.74, 6) is -5.24. The Kier molecular flexibility index (Phi) is 10.3. The highest BCUT2D eigenvalue weighted by atomic mass is 35.5. The van der Waals surface area contributed by atoms with Gasteiger partial charge >= 0.3 is 24.3 Å². The van der Waals surface area contributed by atoms with E-state index in [-0.39, 0.29) is 11.9 Å². The van der Waals surface area contributed by atoms with Gasteiger partial charge in [-0.1, -0.05) is 29.8 Å². The smallest absolute Gasteiger partial charge is 0.475 e. The molecule has 0 saturated carbocycles. The molecule has 232 valence electrons. The molecule has 1 unspecified atom stereocenters. The van der Waals surface area contributed by atoms with Gasteiger partial charge in [-0.25, -0.2) is 28.9 Å². The molecule has 3 heterocycles. The predicted molar refractivity (Wildman–Crippen MR) is 143 cm³/mol. The number of carboxylic acid groups (broad SMARTS) is 2. The van der Waals surface area contributed by atoms with Crippen molar-refractivity contribution < 1.29 is 50.5 Å². The fraction of sp³-hybridized carbons (Fsp3) is 0.154. The van der Waals surface area contributed by atoms with Gasteiger partial charge in [-0.2, -0.15) is 26.3 Å². The second-order valence-corrected chi connectivity index (χ2v) is 8.90. The van der Waals surface area contributed by atoms with Crippen LogP contribution in [0.5, 0.6) is 0 Å². The Labute approximate surface area is 246 Å². The number of imidazole rings is 1. The summed E-state index contributed by atoms with van der Waals surface area (Å²) >= 11 is 6.58. The van der Waals surface area contributed by atoms with Crippen molar-refractivity contribution in [2.24, 2.45) is 0 Å². The number of aromatic nitrogens is 5. The van der Waals surface area contributed by atoms with Crippen molar-refractivity contribution in [1.29, 1.82) is 0 Å². The van der Waals surface area contributed by atoms with Crippen molar-refractivity contribution >= 4 is 51.4 Å². The quantitative estimate of drug-likeness (QED) is 0.154. The minimum atomic E-state index is -5.08. The summed E-state index contributed by atoms with van der Waals surface area (Å²) in [6.45, 7) is 1.97. The number of aliphatic carboxylic acids is 2. The molecule has 44 heavy (non-hydrogen) atoms. The fourth-order valence-corrected chi connectivity index (χ4v) is 3.94. The molecule has 4 N–H and O–H groups in total. The number of rotatable bonds is 4. The highest BCUT2D eigenvalue weighted by Gasteiger charge is 2.38. The van der Waals surface area contributed by atoms with Crippen molar-refractivity contribution in [1.82, 2.24) is 24.9 Å². The average molecular weight is 647 g/mol. The van der Waals surface area contributed by atoms with E-state index >= 15 is 0 Å². The maximum Gasteiger partial charge on any atom is 0.490 e. The third-order valence-electron chi connectivity index (χ3n) is 5.54. The zero-order chi connectivity index (χ0) is 32.8. The summed E-state index contributed by atoms with van der Waals surface area (Å²) in [6, 6.07) is 12.0. The van der Waals surface area contributed by atoms with Gasteiger partial charge in [-0.3, -0.25) is 4.98 Å². The van der Waals surface area contributed by atoms with Crippen LogP contribution in [0, 0.1) is 5.82 Å². The standard InChI is InChI=1S/C22H16ClFN6.2C2HF3O2/c1-12(30-22-20-21(27-10-26-20)28-11-29-22)15-9-16(23)13-6-4-8-25-19(13)18(15)14-5-2-3-7-17(14)24;2*3-2(4,5)1(6)7/h2-12H,1H3,(H2,26,27,28,29,30);2*(H,6,7). The number of anilines is 1. The van der Waals surface area contributed by atoms with E-state index in [4.69, 9.17) is 31.4 Å². The SMILES string of the molecule is CC(Nc1ncnc2nc[nH]c12)c1cc(Cl)c2cccnc2c1-c1ccccc1F.O=C(O)C(F)(F)F.O=C(O)C(F)(F)F. The van der Waals surface area contributed by atoms with Crippen molar-refractivity contribution in [3.05, 3.63) is 77.7 Å². The Balaban J connectivity index is 0.000000317. The summed E-state index contributed by atoms with van der Waals surface area (Å²) in [6.07, 6.45) is -5.47. The summed E-state index contributed by atoms with van der Waals surface area (Å²) in [5, 5.41) is 18.9. The molecule has 1 atom stereocenters. The topological polar surface area (TPSA) is 154 Å². The molecule has 0 aliphatic rings. The van der Waals surface area contributed by atoms with Gasteiger partial charge in [0, 0.05) is 22.7 Å². The average Bonchev–Trinajstić information content (AvgIpc) is 3.43. The van der Waals surface area contributed by atoms with Gasteiger partial charge in [0.2, 0.25) is 0 Å². The first-order valence-electron chi connectivity index (χ1n) is 11.8. The molecule has 10 nitrogen and oxygen atoms in total. The van der Waals surface area contributed by atoms with Gasteiger partial charge < -0.3 is 20.5 Å². The summed E-state index contributed by atoms with van der Waals surface area (Å²) in [5.41, 5.74) is 3.88. The van der Waals surface area contributed by atoms with Gasteiger partial charge in [-0.15, -0.1) is 0 Å². The first-order valence-corrected chi connectivity index (χ1v) is 12.2. The summed E-state index contributed by atoms with van der Waals surface area (Å²) < 4.78 is 78.3.